The lowest BCUT2D eigenvalue weighted by molar-refractivity contribution is -0.108. The predicted octanol–water partition coefficient (Wildman–Crippen LogP) is 1.58. The summed E-state index contributed by atoms with van der Waals surface area (Å²) in [5.74, 6) is 0. The lowest BCUT2D eigenvalue weighted by atomic mass is 10.2. The minimum Gasteiger partial charge on any atom is -0.444 e. The van der Waals surface area contributed by atoms with Crippen molar-refractivity contribution in [3.8, 4) is 0 Å². The first-order valence-corrected chi connectivity index (χ1v) is 4.87. The van der Waals surface area contributed by atoms with Crippen LogP contribution in [0.1, 0.15) is 34.1 Å². The lowest BCUT2D eigenvalue weighted by Crippen LogP contribution is -2.28. The van der Waals surface area contributed by atoms with E-state index in [2.05, 4.69) is 0 Å². The van der Waals surface area contributed by atoms with Crippen molar-refractivity contribution in [1.29, 1.82) is 0 Å². The summed E-state index contributed by atoms with van der Waals surface area (Å²) in [5, 5.41) is 0. The largest absolute Gasteiger partial charge is 0.444 e. The van der Waals surface area contributed by atoms with E-state index in [1.807, 2.05) is 27.7 Å². The zero-order valence-electron chi connectivity index (χ0n) is 9.11. The van der Waals surface area contributed by atoms with Crippen molar-refractivity contribution in [1.82, 2.24) is 4.90 Å². The fourth-order valence-corrected chi connectivity index (χ4v) is 1.47. The smallest absolute Gasteiger partial charge is 0.411 e. The number of nitrogens with zero attached hydrogens (tertiary/aromatic N) is 1. The van der Waals surface area contributed by atoms with E-state index in [1.54, 1.807) is 0 Å². The van der Waals surface area contributed by atoms with Crippen molar-refractivity contribution in [3.05, 3.63) is 0 Å². The van der Waals surface area contributed by atoms with E-state index < -0.39 is 5.60 Å². The first-order valence-electron chi connectivity index (χ1n) is 4.87. The van der Waals surface area contributed by atoms with Crippen LogP contribution in [0.5, 0.6) is 0 Å². The Kier molecular flexibility index (Phi) is 2.83. The number of aldehydes is 1. The van der Waals surface area contributed by atoms with Crippen molar-refractivity contribution in [2.45, 2.75) is 51.8 Å². The highest BCUT2D eigenvalue weighted by atomic mass is 16.6. The summed E-state index contributed by atoms with van der Waals surface area (Å²) >= 11 is 0. The minimum atomic E-state index is -0.495. The molecule has 14 heavy (non-hydrogen) atoms. The maximum absolute atomic E-state index is 11.5. The van der Waals surface area contributed by atoms with Crippen LogP contribution in [0.2, 0.25) is 0 Å². The van der Waals surface area contributed by atoms with Crippen molar-refractivity contribution >= 4 is 12.4 Å². The summed E-state index contributed by atoms with van der Waals surface area (Å²) in [6.45, 7) is 7.38. The van der Waals surface area contributed by atoms with Crippen LogP contribution in [0.15, 0.2) is 0 Å². The van der Waals surface area contributed by atoms with Gasteiger partial charge >= 0.3 is 6.09 Å². The fourth-order valence-electron chi connectivity index (χ4n) is 1.47. The standard InChI is InChI=1S/C10H17NO3/c1-5-7-8(6-12)11(7)9(13)14-10(2,3)4/h6-8H,5H2,1-4H3. The predicted molar refractivity (Wildman–Crippen MR) is 52.0 cm³/mol. The number of carbonyl (C=O) groups excluding carboxylic acids is 2. The zero-order valence-corrected chi connectivity index (χ0v) is 9.11. The molecule has 0 aromatic rings. The first-order chi connectivity index (χ1) is 6.40. The quantitative estimate of drug-likeness (QED) is 0.501. The van der Waals surface area contributed by atoms with Crippen molar-refractivity contribution < 1.29 is 14.3 Å². The molecule has 0 N–H and O–H groups in total. The summed E-state index contributed by atoms with van der Waals surface area (Å²) in [6, 6.07) is -0.225. The number of hydrogen-bond donors (Lipinski definition) is 0. The summed E-state index contributed by atoms with van der Waals surface area (Å²) < 4.78 is 5.15. The van der Waals surface area contributed by atoms with Crippen LogP contribution >= 0.6 is 0 Å². The highest BCUT2D eigenvalue weighted by molar-refractivity contribution is 5.80. The first kappa shape index (κ1) is 11.0. The summed E-state index contributed by atoms with van der Waals surface area (Å²) in [4.78, 5) is 23.6. The fraction of sp³-hybridized carbons (Fsp3) is 0.800. The van der Waals surface area contributed by atoms with Crippen LogP contribution < -0.4 is 0 Å². The van der Waals surface area contributed by atoms with Crippen LogP contribution in [-0.4, -0.2) is 35.0 Å². The van der Waals surface area contributed by atoms with Gasteiger partial charge in [0.15, 0.2) is 0 Å². The molecule has 0 aromatic carbocycles. The van der Waals surface area contributed by atoms with Crippen molar-refractivity contribution in [2.24, 2.45) is 0 Å². The second kappa shape index (κ2) is 3.59. The van der Waals surface area contributed by atoms with E-state index in [0.29, 0.717) is 0 Å². The van der Waals surface area contributed by atoms with E-state index in [4.69, 9.17) is 4.74 Å². The Morgan fingerprint density at radius 1 is 1.50 bits per heavy atom. The monoisotopic (exact) mass is 199 g/mol. The van der Waals surface area contributed by atoms with Gasteiger partial charge in [-0.3, -0.25) is 4.90 Å². The molecule has 1 rings (SSSR count). The van der Waals surface area contributed by atoms with E-state index in [9.17, 15) is 9.59 Å². The summed E-state index contributed by atoms with van der Waals surface area (Å²) in [7, 11) is 0. The summed E-state index contributed by atoms with van der Waals surface area (Å²) in [6.07, 6.45) is 1.21. The van der Waals surface area contributed by atoms with E-state index in [0.717, 1.165) is 12.7 Å². The Bertz CT molecular complexity index is 244. The molecule has 1 heterocycles. The average Bonchev–Trinajstić information content (AvgIpc) is 2.73. The molecular formula is C10H17NO3. The molecule has 1 aliphatic heterocycles. The second-order valence-electron chi connectivity index (χ2n) is 4.49. The van der Waals surface area contributed by atoms with Gasteiger partial charge < -0.3 is 9.53 Å². The number of amides is 1. The molecule has 1 saturated heterocycles. The molecule has 2 atom stereocenters. The van der Waals surface area contributed by atoms with Crippen LogP contribution in [-0.2, 0) is 9.53 Å². The second-order valence-corrected chi connectivity index (χ2v) is 4.49. The molecule has 1 amide bonds. The third-order valence-corrected chi connectivity index (χ3v) is 2.15. The number of carbonyl (C=O) groups is 2. The minimum absolute atomic E-state index is 0.0438. The molecule has 2 unspecified atom stereocenters. The molecule has 1 fully saturated rings. The molecule has 0 aromatic heterocycles. The Morgan fingerprint density at radius 2 is 2.07 bits per heavy atom. The zero-order chi connectivity index (χ0) is 10.9. The highest BCUT2D eigenvalue weighted by Gasteiger charge is 2.51. The van der Waals surface area contributed by atoms with Gasteiger partial charge in [-0.15, -0.1) is 0 Å². The third kappa shape index (κ3) is 2.25. The van der Waals surface area contributed by atoms with Crippen LogP contribution in [0.4, 0.5) is 4.79 Å². The van der Waals surface area contributed by atoms with Gasteiger partial charge in [-0.1, -0.05) is 6.92 Å². The van der Waals surface area contributed by atoms with Gasteiger partial charge in [0.25, 0.3) is 0 Å². The Labute approximate surface area is 84.2 Å². The van der Waals surface area contributed by atoms with E-state index in [-0.39, 0.29) is 18.2 Å². The molecule has 0 bridgehead atoms. The normalized spacial score (nSPS) is 25.9. The number of ether oxygens (including phenoxy) is 1. The van der Waals surface area contributed by atoms with Crippen LogP contribution in [0.25, 0.3) is 0 Å². The van der Waals surface area contributed by atoms with Gasteiger partial charge in [-0.05, 0) is 27.2 Å². The Morgan fingerprint density at radius 3 is 2.36 bits per heavy atom. The highest BCUT2D eigenvalue weighted by Crippen LogP contribution is 2.31. The van der Waals surface area contributed by atoms with Gasteiger partial charge in [-0.25, -0.2) is 4.79 Å². The molecular weight excluding hydrogens is 182 g/mol. The number of rotatable bonds is 2. The van der Waals surface area contributed by atoms with Crippen molar-refractivity contribution in [3.63, 3.8) is 0 Å². The third-order valence-electron chi connectivity index (χ3n) is 2.15. The Hall–Kier alpha value is -1.06. The molecule has 4 heteroatoms. The maximum Gasteiger partial charge on any atom is 0.411 e. The van der Waals surface area contributed by atoms with Gasteiger partial charge in [-0.2, -0.15) is 0 Å². The lowest BCUT2D eigenvalue weighted by Gasteiger charge is -2.19. The molecule has 0 radical (unpaired) electrons. The SMILES string of the molecule is CCC1C(C=O)N1C(=O)OC(C)(C)C. The van der Waals surface area contributed by atoms with Gasteiger partial charge in [0, 0.05) is 0 Å². The maximum atomic E-state index is 11.5. The average molecular weight is 199 g/mol. The molecule has 0 saturated carbocycles. The molecule has 4 nitrogen and oxygen atoms in total. The van der Waals surface area contributed by atoms with Gasteiger partial charge in [0.1, 0.15) is 17.9 Å². The van der Waals surface area contributed by atoms with Crippen LogP contribution in [0, 0.1) is 0 Å². The van der Waals surface area contributed by atoms with E-state index in [1.165, 1.54) is 4.90 Å². The van der Waals surface area contributed by atoms with E-state index >= 15 is 0 Å². The molecule has 0 aliphatic carbocycles. The van der Waals surface area contributed by atoms with Gasteiger partial charge in [0.2, 0.25) is 0 Å². The Balaban J connectivity index is 2.52. The van der Waals surface area contributed by atoms with Crippen molar-refractivity contribution in [2.75, 3.05) is 0 Å². The topological polar surface area (TPSA) is 46.4 Å². The van der Waals surface area contributed by atoms with Crippen LogP contribution in [0.3, 0.4) is 0 Å². The number of hydrogen-bond acceptors (Lipinski definition) is 3. The molecule has 80 valence electrons. The molecule has 1 aliphatic rings. The molecule has 0 spiro atoms. The summed E-state index contributed by atoms with van der Waals surface area (Å²) in [5.41, 5.74) is -0.495. The van der Waals surface area contributed by atoms with Gasteiger partial charge in [0.05, 0.1) is 6.04 Å².